The van der Waals surface area contributed by atoms with Gasteiger partial charge in [0.2, 0.25) is 0 Å². The van der Waals surface area contributed by atoms with Crippen LogP contribution >= 0.6 is 0 Å². The molecule has 0 radical (unpaired) electrons. The molecule has 0 bridgehead atoms. The summed E-state index contributed by atoms with van der Waals surface area (Å²) >= 11 is 0. The van der Waals surface area contributed by atoms with Gasteiger partial charge in [0.1, 0.15) is 11.4 Å². The minimum Gasteiger partial charge on any atom is -0.478 e. The number of likely N-dealkylation sites (tertiary alicyclic amines) is 1. The molecule has 1 atom stereocenters. The quantitative estimate of drug-likeness (QED) is 0.657. The summed E-state index contributed by atoms with van der Waals surface area (Å²) in [5.41, 5.74) is 0.761. The van der Waals surface area contributed by atoms with Crippen molar-refractivity contribution in [2.24, 2.45) is 5.92 Å². The van der Waals surface area contributed by atoms with Gasteiger partial charge in [-0.1, -0.05) is 18.2 Å². The minimum atomic E-state index is -3.85. The zero-order valence-corrected chi connectivity index (χ0v) is 19.1. The standard InChI is InChI=1S/C23H30N4O4S/c1-17-7-2-3-9-21(17)32(30,31)25-19-13-20(23(28)29)22(24-14-19)27-12-6-8-18(16-27)15-26-10-4-5-11-26/h2-3,7,9,13-14,18,25H,4-6,8,10-12,15-16H2,1H3,(H,28,29)/t18-/m1/s1. The summed E-state index contributed by atoms with van der Waals surface area (Å²) in [6.07, 6.45) is 6.02. The summed E-state index contributed by atoms with van der Waals surface area (Å²) in [7, 11) is -3.85. The lowest BCUT2D eigenvalue weighted by Crippen LogP contribution is -2.41. The van der Waals surface area contributed by atoms with Crippen molar-refractivity contribution in [3.05, 3.63) is 47.7 Å². The Labute approximate surface area is 189 Å². The van der Waals surface area contributed by atoms with Gasteiger partial charge in [-0.25, -0.2) is 18.2 Å². The predicted octanol–water partition coefficient (Wildman–Crippen LogP) is 3.20. The van der Waals surface area contributed by atoms with Crippen LogP contribution in [0.5, 0.6) is 0 Å². The molecular weight excluding hydrogens is 428 g/mol. The maximum absolute atomic E-state index is 12.8. The highest BCUT2D eigenvalue weighted by Crippen LogP contribution is 2.28. The molecule has 0 saturated carbocycles. The number of hydrogen-bond acceptors (Lipinski definition) is 6. The molecule has 2 aromatic rings. The second-order valence-electron chi connectivity index (χ2n) is 8.73. The number of aromatic nitrogens is 1. The number of benzene rings is 1. The van der Waals surface area contributed by atoms with Crippen LogP contribution in [0, 0.1) is 12.8 Å². The zero-order chi connectivity index (χ0) is 22.7. The number of aryl methyl sites for hydroxylation is 1. The van der Waals surface area contributed by atoms with Crippen LogP contribution in [0.15, 0.2) is 41.4 Å². The fourth-order valence-electron chi connectivity index (χ4n) is 4.73. The number of nitrogens with zero attached hydrogens (tertiary/aromatic N) is 3. The third-order valence-corrected chi connectivity index (χ3v) is 7.81. The van der Waals surface area contributed by atoms with E-state index in [2.05, 4.69) is 14.6 Å². The second-order valence-corrected chi connectivity index (χ2v) is 10.4. The lowest BCUT2D eigenvalue weighted by Gasteiger charge is -2.36. The average Bonchev–Trinajstić information content (AvgIpc) is 3.27. The largest absolute Gasteiger partial charge is 0.478 e. The zero-order valence-electron chi connectivity index (χ0n) is 18.3. The molecule has 0 spiro atoms. The first-order chi connectivity index (χ1) is 15.3. The number of sulfonamides is 1. The maximum Gasteiger partial charge on any atom is 0.339 e. The van der Waals surface area contributed by atoms with Crippen LogP contribution in [-0.2, 0) is 10.0 Å². The third-order valence-electron chi connectivity index (χ3n) is 6.27. The van der Waals surface area contributed by atoms with Gasteiger partial charge in [-0.3, -0.25) is 4.72 Å². The molecule has 32 heavy (non-hydrogen) atoms. The number of carboxylic acid groups (broad SMARTS) is 1. The first-order valence-corrected chi connectivity index (χ1v) is 12.6. The van der Waals surface area contributed by atoms with Crippen molar-refractivity contribution in [2.45, 2.75) is 37.5 Å². The van der Waals surface area contributed by atoms with E-state index >= 15 is 0 Å². The molecule has 8 nitrogen and oxygen atoms in total. The van der Waals surface area contributed by atoms with Crippen LogP contribution < -0.4 is 9.62 Å². The minimum absolute atomic E-state index is 0.0109. The summed E-state index contributed by atoms with van der Waals surface area (Å²) < 4.78 is 28.1. The van der Waals surface area contributed by atoms with Crippen LogP contribution in [0.1, 0.15) is 41.6 Å². The van der Waals surface area contributed by atoms with Gasteiger partial charge in [0, 0.05) is 19.6 Å². The molecule has 9 heteroatoms. The van der Waals surface area contributed by atoms with Crippen molar-refractivity contribution < 1.29 is 18.3 Å². The molecule has 3 heterocycles. The van der Waals surface area contributed by atoms with E-state index in [1.165, 1.54) is 31.2 Å². The fourth-order valence-corrected chi connectivity index (χ4v) is 6.01. The average molecular weight is 459 g/mol. The number of hydrogen-bond donors (Lipinski definition) is 2. The Kier molecular flexibility index (Phi) is 6.66. The molecule has 0 unspecified atom stereocenters. The van der Waals surface area contributed by atoms with E-state index in [1.807, 2.05) is 4.90 Å². The van der Waals surface area contributed by atoms with Crippen LogP contribution in [0.3, 0.4) is 0 Å². The predicted molar refractivity (Wildman–Crippen MR) is 124 cm³/mol. The number of piperidine rings is 1. The van der Waals surface area contributed by atoms with Gasteiger partial charge < -0.3 is 14.9 Å². The summed E-state index contributed by atoms with van der Waals surface area (Å²) in [4.78, 5) is 21.1. The molecule has 2 saturated heterocycles. The summed E-state index contributed by atoms with van der Waals surface area (Å²) in [5, 5.41) is 9.82. The number of rotatable bonds is 7. The second kappa shape index (κ2) is 9.46. The fraction of sp³-hybridized carbons (Fsp3) is 0.478. The Morgan fingerprint density at radius 1 is 1.19 bits per heavy atom. The van der Waals surface area contributed by atoms with E-state index in [9.17, 15) is 18.3 Å². The molecule has 0 amide bonds. The van der Waals surface area contributed by atoms with Gasteiger partial charge in [-0.15, -0.1) is 0 Å². The van der Waals surface area contributed by atoms with Crippen molar-refractivity contribution >= 4 is 27.5 Å². The summed E-state index contributed by atoms with van der Waals surface area (Å²) in [6, 6.07) is 8.02. The number of nitrogens with one attached hydrogen (secondary N) is 1. The smallest absolute Gasteiger partial charge is 0.339 e. The number of anilines is 2. The summed E-state index contributed by atoms with van der Waals surface area (Å²) in [5.74, 6) is -0.238. The van der Waals surface area contributed by atoms with E-state index in [4.69, 9.17) is 0 Å². The van der Waals surface area contributed by atoms with Gasteiger partial charge in [0.15, 0.2) is 0 Å². The van der Waals surface area contributed by atoms with Crippen molar-refractivity contribution in [2.75, 3.05) is 42.3 Å². The van der Waals surface area contributed by atoms with Crippen LogP contribution in [0.25, 0.3) is 0 Å². The Balaban J connectivity index is 1.54. The van der Waals surface area contributed by atoms with E-state index in [0.29, 0.717) is 17.3 Å². The van der Waals surface area contributed by atoms with Crippen LogP contribution in [0.4, 0.5) is 11.5 Å². The molecule has 1 aromatic heterocycles. The molecular formula is C23H30N4O4S. The van der Waals surface area contributed by atoms with Crippen LogP contribution in [-0.4, -0.2) is 62.1 Å². The molecule has 172 valence electrons. The van der Waals surface area contributed by atoms with Crippen molar-refractivity contribution in [3.8, 4) is 0 Å². The Bertz CT molecular complexity index is 1080. The van der Waals surface area contributed by atoms with E-state index in [1.54, 1.807) is 25.1 Å². The lowest BCUT2D eigenvalue weighted by molar-refractivity contribution is 0.0697. The van der Waals surface area contributed by atoms with Gasteiger partial charge in [0.05, 0.1) is 16.8 Å². The van der Waals surface area contributed by atoms with Gasteiger partial charge in [-0.2, -0.15) is 0 Å². The Morgan fingerprint density at radius 3 is 2.66 bits per heavy atom. The topological polar surface area (TPSA) is 103 Å². The van der Waals surface area contributed by atoms with E-state index < -0.39 is 16.0 Å². The van der Waals surface area contributed by atoms with Gasteiger partial charge >= 0.3 is 5.97 Å². The van der Waals surface area contributed by atoms with Crippen molar-refractivity contribution in [1.29, 1.82) is 0 Å². The Hall–Kier alpha value is -2.65. The SMILES string of the molecule is Cc1ccccc1S(=O)(=O)Nc1cnc(N2CCC[C@H](CN3CCCC3)C2)c(C(=O)O)c1. The Morgan fingerprint density at radius 2 is 1.94 bits per heavy atom. The molecule has 2 aliphatic heterocycles. The lowest BCUT2D eigenvalue weighted by atomic mass is 9.97. The normalized spacial score (nSPS) is 19.8. The van der Waals surface area contributed by atoms with Gasteiger partial charge in [0.25, 0.3) is 10.0 Å². The highest BCUT2D eigenvalue weighted by Gasteiger charge is 2.27. The first-order valence-electron chi connectivity index (χ1n) is 11.1. The molecule has 1 aromatic carbocycles. The monoisotopic (exact) mass is 458 g/mol. The highest BCUT2D eigenvalue weighted by molar-refractivity contribution is 7.92. The van der Waals surface area contributed by atoms with Gasteiger partial charge in [-0.05, 0) is 69.3 Å². The molecule has 0 aliphatic carbocycles. The number of aromatic carboxylic acids is 1. The molecule has 4 rings (SSSR count). The van der Waals surface area contributed by atoms with E-state index in [0.717, 1.165) is 45.6 Å². The van der Waals surface area contributed by atoms with Crippen molar-refractivity contribution in [1.82, 2.24) is 9.88 Å². The van der Waals surface area contributed by atoms with E-state index in [-0.39, 0.29) is 16.1 Å². The van der Waals surface area contributed by atoms with Crippen molar-refractivity contribution in [3.63, 3.8) is 0 Å². The number of pyridine rings is 1. The maximum atomic E-state index is 12.8. The number of carboxylic acids is 1. The first kappa shape index (κ1) is 22.5. The molecule has 2 fully saturated rings. The molecule has 2 aliphatic rings. The summed E-state index contributed by atoms with van der Waals surface area (Å²) in [6.45, 7) is 6.55. The van der Waals surface area contributed by atoms with Crippen LogP contribution in [0.2, 0.25) is 0 Å². The highest BCUT2D eigenvalue weighted by atomic mass is 32.2. The molecule has 2 N–H and O–H groups in total. The number of carbonyl (C=O) groups is 1. The third kappa shape index (κ3) is 5.05.